The predicted octanol–water partition coefficient (Wildman–Crippen LogP) is 36.0. The van der Waals surface area contributed by atoms with Crippen LogP contribution in [0, 0.1) is 0 Å². The highest BCUT2D eigenvalue weighted by molar-refractivity contribution is 6.04. The third-order valence-corrected chi connectivity index (χ3v) is 25.0. The molecule has 0 atom stereocenters. The van der Waals surface area contributed by atoms with Gasteiger partial charge in [-0.1, -0.05) is 336 Å². The Hall–Kier alpha value is -14.4. The number of fused-ring (bicyclic) bond motifs is 8. The number of ether oxygens (including phenoxy) is 8. The summed E-state index contributed by atoms with van der Waals surface area (Å²) < 4.78 is 61.5. The number of aromatic amines is 2. The molecule has 2 aliphatic rings. The maximum absolute atomic E-state index is 7.69. The predicted molar refractivity (Wildman–Crippen MR) is 562 cm³/mol. The lowest BCUT2D eigenvalue weighted by molar-refractivity contribution is 0.439. The second kappa shape index (κ2) is 36.5. The zero-order valence-electron chi connectivity index (χ0n) is 83.2. The van der Waals surface area contributed by atoms with Crippen molar-refractivity contribution in [2.45, 2.75) is 209 Å². The van der Waals surface area contributed by atoms with Gasteiger partial charge in [0.15, 0.2) is 0 Å². The van der Waals surface area contributed by atoms with E-state index >= 15 is 0 Å². The Labute approximate surface area is 803 Å². The van der Waals surface area contributed by atoms with E-state index in [1.165, 1.54) is 0 Å². The lowest BCUT2D eigenvalue weighted by atomic mass is 9.86. The van der Waals surface area contributed by atoms with Crippen LogP contribution >= 0.6 is 0 Å². The quantitative estimate of drug-likeness (QED) is 0.0760. The van der Waals surface area contributed by atoms with Crippen molar-refractivity contribution in [3.63, 3.8) is 0 Å². The number of nitrogens with zero attached hydrogens (tertiary/aromatic N) is 2. The minimum absolute atomic E-state index is 0.353. The van der Waals surface area contributed by atoms with Crippen LogP contribution in [-0.2, 0) is 43.3 Å². The highest BCUT2D eigenvalue weighted by Crippen LogP contribution is 2.56. The van der Waals surface area contributed by atoms with Gasteiger partial charge in [0.1, 0.15) is 92.0 Å². The molecule has 0 spiro atoms. The van der Waals surface area contributed by atoms with Crippen LogP contribution in [0.25, 0.3) is 90.9 Å². The minimum Gasteiger partial charge on any atom is -0.456 e. The Bertz CT molecular complexity index is 6150. The maximum atomic E-state index is 7.69. The van der Waals surface area contributed by atoms with Crippen LogP contribution < -0.4 is 37.9 Å². The van der Waals surface area contributed by atoms with Gasteiger partial charge in [0.25, 0.3) is 0 Å². The molecule has 0 fully saturated rings. The van der Waals surface area contributed by atoms with Crippen LogP contribution in [0.5, 0.6) is 92.0 Å². The lowest BCUT2D eigenvalue weighted by Crippen LogP contribution is -2.13. The molecule has 5 heterocycles. The number of rotatable bonds is 20. The molecule has 0 saturated carbocycles. The molecule has 0 radical (unpaired) electrons. The van der Waals surface area contributed by atoms with E-state index in [-0.39, 0.29) is 43.3 Å². The van der Waals surface area contributed by atoms with Gasteiger partial charge in [0.2, 0.25) is 0 Å². The number of hydrogen-bond acceptors (Lipinski definition) is 10. The first kappa shape index (κ1) is 93.4. The summed E-state index contributed by atoms with van der Waals surface area (Å²) in [6, 6.07) is 99.2. The van der Waals surface area contributed by atoms with Gasteiger partial charge in [-0.15, -0.1) is 0 Å². The largest absolute Gasteiger partial charge is 0.456 e. The number of nitrogens with one attached hydrogen (secondary N) is 2. The Morgan fingerprint density at radius 1 is 0.147 bits per heavy atom. The first-order chi connectivity index (χ1) is 64.5. The minimum atomic E-state index is -0.353. The van der Waals surface area contributed by atoms with E-state index < -0.39 is 0 Å². The molecule has 690 valence electrons. The molecule has 3 aromatic heterocycles. The fourth-order valence-electron chi connectivity index (χ4n) is 18.3. The Balaban J connectivity index is 1.11. The summed E-state index contributed by atoms with van der Waals surface area (Å²) in [4.78, 5) is 20.9. The second-order valence-corrected chi connectivity index (χ2v) is 43.8. The van der Waals surface area contributed by atoms with E-state index in [4.69, 9.17) is 47.9 Å². The van der Waals surface area contributed by atoms with E-state index in [2.05, 4.69) is 370 Å². The van der Waals surface area contributed by atoms with Crippen LogP contribution in [0.15, 0.2) is 291 Å². The third kappa shape index (κ3) is 19.5. The zero-order valence-corrected chi connectivity index (χ0v) is 83.2. The summed E-state index contributed by atoms with van der Waals surface area (Å²) in [5.74, 6) is 9.46. The summed E-state index contributed by atoms with van der Waals surface area (Å²) in [5.41, 5.74) is 15.0. The molecular formula is C124H126N4O8. The molecule has 17 rings (SSSR count). The first-order valence-electron chi connectivity index (χ1n) is 47.4. The highest BCUT2D eigenvalue weighted by Gasteiger charge is 2.35. The molecule has 2 aliphatic heterocycles. The molecule has 0 amide bonds. The smallest absolute Gasteiger partial charge is 0.139 e. The monoisotopic (exact) mass is 1800 g/mol. The van der Waals surface area contributed by atoms with E-state index in [0.29, 0.717) is 181 Å². The van der Waals surface area contributed by atoms with Crippen molar-refractivity contribution in [2.24, 2.45) is 0 Å². The molecule has 15 aromatic rings. The van der Waals surface area contributed by atoms with Crippen molar-refractivity contribution >= 4 is 46.4 Å². The van der Waals surface area contributed by atoms with E-state index in [1.807, 2.05) is 121 Å². The second-order valence-electron chi connectivity index (χ2n) is 43.8. The number of hydrogen-bond donors (Lipinski definition) is 2. The SMILES string of the molecule is CC(C)(C)c1ccccc1Oc1cccc(Oc2ccccc2C(C)(C)C)c1-c1c2nc(c(-c3c(Oc4ccccc4C(C)(C)C)cccc3Oc3ccccc3C(C)(C)C)c3ccc([nH]3)c(-c3c(Oc4ccccc4C(C)(C)C)cccc3Oc3ccccc3C(C)(C)C)c3nc(c(-c4c(Oc5ccccc5C(C)(C)C)cccc4Oc4ccccc4C(C)(C)C)c4ccc1[nH]4)C=C3)C=C2. The Morgan fingerprint density at radius 3 is 0.404 bits per heavy atom. The van der Waals surface area contributed by atoms with Gasteiger partial charge in [0.05, 0.1) is 45.0 Å². The van der Waals surface area contributed by atoms with Crippen LogP contribution in [0.2, 0.25) is 0 Å². The van der Waals surface area contributed by atoms with Crippen molar-refractivity contribution < 1.29 is 37.9 Å². The number of H-pyrrole nitrogens is 2. The highest BCUT2D eigenvalue weighted by atomic mass is 16.5. The van der Waals surface area contributed by atoms with Crippen LogP contribution in [0.3, 0.4) is 0 Å². The van der Waals surface area contributed by atoms with Gasteiger partial charge in [-0.25, -0.2) is 9.97 Å². The fourth-order valence-corrected chi connectivity index (χ4v) is 18.3. The number of aromatic nitrogens is 4. The lowest BCUT2D eigenvalue weighted by Gasteiger charge is -2.25. The number of benzene rings is 12. The average Bonchev–Trinajstić information content (AvgIpc) is 1.55. The zero-order chi connectivity index (χ0) is 96.3. The fraction of sp³-hybridized carbons (Fsp3) is 0.258. The van der Waals surface area contributed by atoms with Crippen molar-refractivity contribution in [1.82, 2.24) is 19.9 Å². The molecule has 12 heteroatoms. The third-order valence-electron chi connectivity index (χ3n) is 25.0. The summed E-state index contributed by atoms with van der Waals surface area (Å²) in [5, 5.41) is 0. The van der Waals surface area contributed by atoms with Crippen molar-refractivity contribution in [1.29, 1.82) is 0 Å². The molecule has 12 aromatic carbocycles. The van der Waals surface area contributed by atoms with E-state index in [0.717, 1.165) is 44.5 Å². The molecule has 136 heavy (non-hydrogen) atoms. The van der Waals surface area contributed by atoms with Gasteiger partial charge in [0, 0.05) is 88.8 Å². The van der Waals surface area contributed by atoms with E-state index in [9.17, 15) is 0 Å². The molecular weight excluding hydrogens is 1670 g/mol. The first-order valence-corrected chi connectivity index (χ1v) is 47.4. The molecule has 12 nitrogen and oxygen atoms in total. The van der Waals surface area contributed by atoms with Gasteiger partial charge in [-0.3, -0.25) is 0 Å². The van der Waals surface area contributed by atoms with Gasteiger partial charge in [-0.2, -0.15) is 0 Å². The van der Waals surface area contributed by atoms with Gasteiger partial charge >= 0.3 is 0 Å². The average molecular weight is 1800 g/mol. The maximum Gasteiger partial charge on any atom is 0.139 e. The van der Waals surface area contributed by atoms with Crippen molar-refractivity contribution in [2.75, 3.05) is 0 Å². The van der Waals surface area contributed by atoms with Crippen LogP contribution in [0.4, 0.5) is 0 Å². The normalized spacial score (nSPS) is 12.6. The van der Waals surface area contributed by atoms with Crippen LogP contribution in [0.1, 0.15) is 233 Å². The van der Waals surface area contributed by atoms with Crippen molar-refractivity contribution in [3.05, 3.63) is 358 Å². The van der Waals surface area contributed by atoms with Crippen LogP contribution in [-0.4, -0.2) is 19.9 Å². The molecule has 0 saturated heterocycles. The topological polar surface area (TPSA) is 131 Å². The molecule has 8 bridgehead atoms. The summed E-state index contributed by atoms with van der Waals surface area (Å²) in [7, 11) is 0. The number of para-hydroxylation sites is 8. The Kier molecular flexibility index (Phi) is 25.0. The molecule has 0 aliphatic carbocycles. The summed E-state index contributed by atoms with van der Waals surface area (Å²) >= 11 is 0. The summed E-state index contributed by atoms with van der Waals surface area (Å²) in [6.45, 7) is 53.1. The Morgan fingerprint density at radius 2 is 0.272 bits per heavy atom. The van der Waals surface area contributed by atoms with Gasteiger partial charge < -0.3 is 47.9 Å². The standard InChI is InChI=1S/C124H126N4O8/c1-117(2,3)77-45-25-33-53-93(77)129-101-61-41-62-102(130-94-54-34-26-46-78(94)118(4,5)6)113(101)109-85-69-71-87(125-85)110(114-103(131-95-55-35-27-47-79(95)119(7,8)9)63-42-64-104(114)132-96-56-36-28-48-80(96)120(10,11)12)89-73-75-91(127-89)112(116-107(135-99-59-39-31-51-83(99)123(19,20)21)67-44-68-108(116)136-100-60-40-32-52-84(100)124(22,23)24)92-76-74-90(128-92)111(88-72-70-86(109)126-88)115-105(133-97-57-37-29-49-81(97)121(13,14)15)65-43-66-106(115)134-98-58-38-30-50-82(98)122(16,17)18/h25-76,125,128H,1-24H3. The summed E-state index contributed by atoms with van der Waals surface area (Å²) in [6.07, 6.45) is 8.43. The van der Waals surface area contributed by atoms with Gasteiger partial charge in [-0.05, 0) is 189 Å². The molecule has 0 unspecified atom stereocenters. The molecule has 2 N–H and O–H groups in total. The van der Waals surface area contributed by atoms with E-state index in [1.54, 1.807) is 0 Å². The van der Waals surface area contributed by atoms with Crippen molar-refractivity contribution in [3.8, 4) is 136 Å².